The number of hydrogen-bond donors (Lipinski definition) is 0. The van der Waals surface area contributed by atoms with Crippen molar-refractivity contribution in [2.24, 2.45) is 0 Å². The van der Waals surface area contributed by atoms with Crippen molar-refractivity contribution in [1.29, 1.82) is 0 Å². The fourth-order valence-corrected chi connectivity index (χ4v) is 1.30. The summed E-state index contributed by atoms with van der Waals surface area (Å²) < 4.78 is 0. The van der Waals surface area contributed by atoms with Crippen LogP contribution in [0.4, 0.5) is 0 Å². The van der Waals surface area contributed by atoms with E-state index in [-0.39, 0.29) is 9.52 Å². The van der Waals surface area contributed by atoms with Gasteiger partial charge in [-0.25, -0.2) is 0 Å². The van der Waals surface area contributed by atoms with E-state index in [9.17, 15) is 0 Å². The Kier molecular flexibility index (Phi) is 4.10. The van der Waals surface area contributed by atoms with Gasteiger partial charge in [0.05, 0.1) is 0 Å². The van der Waals surface area contributed by atoms with E-state index in [0.29, 0.717) is 0 Å². The zero-order chi connectivity index (χ0) is 5.70. The molecule has 0 aliphatic carbocycles. The van der Waals surface area contributed by atoms with Crippen molar-refractivity contribution in [3.63, 3.8) is 0 Å². The predicted molar refractivity (Wildman–Crippen MR) is 38.5 cm³/mol. The molecule has 0 saturated heterocycles. The van der Waals surface area contributed by atoms with Crippen molar-refractivity contribution < 1.29 is 0 Å². The summed E-state index contributed by atoms with van der Waals surface area (Å²) in [4.78, 5) is 0. The Hall–Kier alpha value is -0.0431. The fourth-order valence-electron chi connectivity index (χ4n) is 0.433. The zero-order valence-electron chi connectivity index (χ0n) is 5.49. The minimum atomic E-state index is 0.212. The third-order valence-electron chi connectivity index (χ3n) is 0.841. The largest absolute Gasteiger partial charge is 0.103 e. The normalized spacial score (nSPS) is 10.1. The second-order valence-corrected chi connectivity index (χ2v) is 4.06. The van der Waals surface area contributed by atoms with E-state index in [1.165, 1.54) is 11.6 Å². The summed E-state index contributed by atoms with van der Waals surface area (Å²) in [6.45, 7) is 6.59. The van der Waals surface area contributed by atoms with E-state index in [1.807, 2.05) is 0 Å². The average Bonchev–Trinajstić information content (AvgIpc) is 1.61. The lowest BCUT2D eigenvalue weighted by molar-refractivity contribution is 1.39. The molecule has 0 aliphatic rings. The predicted octanol–water partition coefficient (Wildman–Crippen LogP) is 1.52. The standard InChI is InChI=1S/C6H14Si/c1-4-7-5-6(2)3/h5H,4,7H2,1-3H3. The number of rotatable bonds is 2. The van der Waals surface area contributed by atoms with Gasteiger partial charge in [-0.1, -0.05) is 18.5 Å². The Morgan fingerprint density at radius 3 is 2.29 bits per heavy atom. The molecule has 0 heterocycles. The minimum absolute atomic E-state index is 0.212. The summed E-state index contributed by atoms with van der Waals surface area (Å²) in [5.74, 6) is 0. The fraction of sp³-hybridized carbons (Fsp3) is 0.667. The third-order valence-corrected chi connectivity index (χ3v) is 2.52. The Morgan fingerprint density at radius 2 is 2.14 bits per heavy atom. The van der Waals surface area contributed by atoms with Crippen molar-refractivity contribution in [3.8, 4) is 0 Å². The Morgan fingerprint density at radius 1 is 1.57 bits per heavy atom. The molecule has 0 spiro atoms. The van der Waals surface area contributed by atoms with E-state index < -0.39 is 0 Å². The van der Waals surface area contributed by atoms with E-state index in [1.54, 1.807) is 0 Å². The molecule has 0 saturated carbocycles. The van der Waals surface area contributed by atoms with Gasteiger partial charge < -0.3 is 0 Å². The maximum Gasteiger partial charge on any atom is 0.0450 e. The smallest absolute Gasteiger partial charge is 0.0450 e. The molecule has 0 N–H and O–H groups in total. The van der Waals surface area contributed by atoms with Gasteiger partial charge >= 0.3 is 0 Å². The van der Waals surface area contributed by atoms with Crippen LogP contribution in [0.2, 0.25) is 6.04 Å². The lowest BCUT2D eigenvalue weighted by Crippen LogP contribution is -1.78. The first-order valence-electron chi connectivity index (χ1n) is 2.90. The second kappa shape index (κ2) is 4.12. The van der Waals surface area contributed by atoms with Gasteiger partial charge in [0.2, 0.25) is 0 Å². The number of hydrogen-bond acceptors (Lipinski definition) is 0. The van der Waals surface area contributed by atoms with Gasteiger partial charge in [-0.05, 0) is 13.8 Å². The average molecular weight is 114 g/mol. The van der Waals surface area contributed by atoms with E-state index in [2.05, 4.69) is 26.5 Å². The van der Waals surface area contributed by atoms with Gasteiger partial charge in [0, 0.05) is 9.52 Å². The zero-order valence-corrected chi connectivity index (χ0v) is 6.91. The summed E-state index contributed by atoms with van der Waals surface area (Å²) in [5.41, 5.74) is 3.90. The molecule has 0 atom stereocenters. The lowest BCUT2D eigenvalue weighted by Gasteiger charge is -1.84. The highest BCUT2D eigenvalue weighted by molar-refractivity contribution is 6.41. The maximum absolute atomic E-state index is 2.40. The van der Waals surface area contributed by atoms with Crippen molar-refractivity contribution >= 4 is 9.52 Å². The molecule has 0 aromatic rings. The first-order chi connectivity index (χ1) is 3.27. The molecule has 7 heavy (non-hydrogen) atoms. The maximum atomic E-state index is 2.40. The van der Waals surface area contributed by atoms with E-state index >= 15 is 0 Å². The molecule has 42 valence electrons. The third kappa shape index (κ3) is 5.96. The second-order valence-electron chi connectivity index (χ2n) is 2.07. The monoisotopic (exact) mass is 114 g/mol. The highest BCUT2D eigenvalue weighted by atomic mass is 28.2. The van der Waals surface area contributed by atoms with Gasteiger partial charge in [-0.3, -0.25) is 0 Å². The van der Waals surface area contributed by atoms with E-state index in [4.69, 9.17) is 0 Å². The van der Waals surface area contributed by atoms with Crippen molar-refractivity contribution in [3.05, 3.63) is 11.3 Å². The quantitative estimate of drug-likeness (QED) is 0.477. The lowest BCUT2D eigenvalue weighted by atomic mass is 10.4. The molecule has 0 rings (SSSR count). The van der Waals surface area contributed by atoms with Gasteiger partial charge in [-0.15, -0.1) is 5.70 Å². The Labute approximate surface area is 48.4 Å². The van der Waals surface area contributed by atoms with Crippen molar-refractivity contribution in [2.75, 3.05) is 0 Å². The van der Waals surface area contributed by atoms with Crippen LogP contribution in [0.1, 0.15) is 20.8 Å². The Balaban J connectivity index is 3.08. The first-order valence-corrected chi connectivity index (χ1v) is 4.72. The van der Waals surface area contributed by atoms with Crippen molar-refractivity contribution in [2.45, 2.75) is 26.8 Å². The molecule has 0 aromatic carbocycles. The summed E-state index contributed by atoms with van der Waals surface area (Å²) in [5, 5.41) is 0. The molecule has 0 amide bonds. The molecular weight excluding hydrogens is 100 g/mol. The van der Waals surface area contributed by atoms with Crippen LogP contribution in [0.25, 0.3) is 0 Å². The summed E-state index contributed by atoms with van der Waals surface area (Å²) in [6, 6.07) is 1.41. The highest BCUT2D eigenvalue weighted by Gasteiger charge is 1.74. The molecular formula is C6H14Si. The minimum Gasteiger partial charge on any atom is -0.103 e. The molecule has 0 aromatic heterocycles. The van der Waals surface area contributed by atoms with Crippen LogP contribution >= 0.6 is 0 Å². The molecule has 0 unspecified atom stereocenters. The molecule has 0 nitrogen and oxygen atoms in total. The SMILES string of the molecule is CC[SiH2]C=C(C)C. The highest BCUT2D eigenvalue weighted by Crippen LogP contribution is 1.86. The van der Waals surface area contributed by atoms with Gasteiger partial charge in [0.15, 0.2) is 0 Å². The van der Waals surface area contributed by atoms with Crippen LogP contribution in [0.5, 0.6) is 0 Å². The van der Waals surface area contributed by atoms with Crippen LogP contribution in [-0.2, 0) is 0 Å². The van der Waals surface area contributed by atoms with Crippen LogP contribution in [0.3, 0.4) is 0 Å². The summed E-state index contributed by atoms with van der Waals surface area (Å²) >= 11 is 0. The molecule has 1 heteroatoms. The van der Waals surface area contributed by atoms with Crippen molar-refractivity contribution in [1.82, 2.24) is 0 Å². The Bertz CT molecular complexity index is 60.6. The molecule has 0 aliphatic heterocycles. The van der Waals surface area contributed by atoms with Crippen LogP contribution < -0.4 is 0 Å². The van der Waals surface area contributed by atoms with Crippen LogP contribution in [-0.4, -0.2) is 9.52 Å². The molecule has 0 fully saturated rings. The van der Waals surface area contributed by atoms with Gasteiger partial charge in [0.25, 0.3) is 0 Å². The molecule has 0 radical (unpaired) electrons. The van der Waals surface area contributed by atoms with Gasteiger partial charge in [0.1, 0.15) is 0 Å². The van der Waals surface area contributed by atoms with Gasteiger partial charge in [-0.2, -0.15) is 0 Å². The number of allylic oxidation sites excluding steroid dienone is 1. The first kappa shape index (κ1) is 6.96. The van der Waals surface area contributed by atoms with Crippen LogP contribution in [0.15, 0.2) is 11.3 Å². The van der Waals surface area contributed by atoms with Crippen LogP contribution in [0, 0.1) is 0 Å². The van der Waals surface area contributed by atoms with E-state index in [0.717, 1.165) is 0 Å². The topological polar surface area (TPSA) is 0 Å². The summed E-state index contributed by atoms with van der Waals surface area (Å²) in [7, 11) is 0.212. The molecule has 0 bridgehead atoms. The summed E-state index contributed by atoms with van der Waals surface area (Å²) in [6.07, 6.45) is 0.